The van der Waals surface area contributed by atoms with E-state index in [1.807, 2.05) is 24.3 Å². The SMILES string of the molecule is CC(C)S(=O)(=O)c1ccccc1Nc1nc(Nc2ccc(N3CCN(CCOCCC(Nc4ccc5c(c4)C(=O)N(C4CCC(=O)NC4=O)C5=O)C(N)=O)CC3)cc2)ncc1Cl. The molecule has 4 aromatic rings. The van der Waals surface area contributed by atoms with E-state index in [0.29, 0.717) is 24.5 Å². The van der Waals surface area contributed by atoms with Gasteiger partial charge in [-0.15, -0.1) is 0 Å². The van der Waals surface area contributed by atoms with Crippen LogP contribution in [-0.4, -0.2) is 121 Å². The summed E-state index contributed by atoms with van der Waals surface area (Å²) in [5.41, 5.74) is 8.50. The van der Waals surface area contributed by atoms with Crippen molar-refractivity contribution < 1.29 is 37.1 Å². The number of halogens is 1. The van der Waals surface area contributed by atoms with Gasteiger partial charge in [-0.1, -0.05) is 23.7 Å². The molecule has 2 saturated heterocycles. The number of carbonyl (C=O) groups excluding carboxylic acids is 5. The van der Waals surface area contributed by atoms with Crippen LogP contribution >= 0.6 is 11.6 Å². The van der Waals surface area contributed by atoms with Gasteiger partial charge in [0.15, 0.2) is 15.7 Å². The Labute approximate surface area is 363 Å². The molecule has 18 nitrogen and oxygen atoms in total. The van der Waals surface area contributed by atoms with Gasteiger partial charge in [0.05, 0.1) is 39.8 Å². The van der Waals surface area contributed by atoms with E-state index >= 15 is 0 Å². The summed E-state index contributed by atoms with van der Waals surface area (Å²) in [5.74, 6) is -2.47. The Bertz CT molecular complexity index is 2480. The van der Waals surface area contributed by atoms with Crippen molar-refractivity contribution in [2.24, 2.45) is 5.73 Å². The quantitative estimate of drug-likeness (QED) is 0.0751. The molecular formula is C42H47ClN10O8S. The summed E-state index contributed by atoms with van der Waals surface area (Å²) in [6.45, 7) is 7.93. The van der Waals surface area contributed by atoms with Gasteiger partial charge in [-0.3, -0.25) is 39.1 Å². The molecule has 0 spiro atoms. The number of rotatable bonds is 17. The summed E-state index contributed by atoms with van der Waals surface area (Å²) in [7, 11) is -3.56. The number of carbonyl (C=O) groups is 5. The second-order valence-electron chi connectivity index (χ2n) is 15.3. The van der Waals surface area contributed by atoms with E-state index < -0.39 is 56.7 Å². The highest BCUT2D eigenvalue weighted by molar-refractivity contribution is 7.92. The Morgan fingerprint density at radius 3 is 2.35 bits per heavy atom. The van der Waals surface area contributed by atoms with Gasteiger partial charge in [0.2, 0.25) is 23.7 Å². The number of nitrogens with two attached hydrogens (primary N) is 1. The number of benzene rings is 3. The molecule has 1 aromatic heterocycles. The third-order valence-electron chi connectivity index (χ3n) is 10.9. The zero-order chi connectivity index (χ0) is 44.1. The van der Waals surface area contributed by atoms with Gasteiger partial charge in [0, 0.05) is 62.8 Å². The van der Waals surface area contributed by atoms with E-state index in [0.717, 1.165) is 42.5 Å². The van der Waals surface area contributed by atoms with Crippen molar-refractivity contribution in [3.8, 4) is 0 Å². The van der Waals surface area contributed by atoms with E-state index in [-0.39, 0.29) is 58.7 Å². The maximum Gasteiger partial charge on any atom is 0.262 e. The first kappa shape index (κ1) is 43.9. The Kier molecular flexibility index (Phi) is 13.4. The maximum absolute atomic E-state index is 13.2. The highest BCUT2D eigenvalue weighted by atomic mass is 35.5. The molecule has 20 heteroatoms. The second kappa shape index (κ2) is 18.9. The van der Waals surface area contributed by atoms with Gasteiger partial charge in [-0.05, 0) is 81.3 Å². The summed E-state index contributed by atoms with van der Waals surface area (Å²) in [6, 6.07) is 17.1. The van der Waals surface area contributed by atoms with Crippen molar-refractivity contribution in [3.05, 3.63) is 89.1 Å². The fourth-order valence-electron chi connectivity index (χ4n) is 7.37. The second-order valence-corrected chi connectivity index (χ2v) is 18.2. The summed E-state index contributed by atoms with van der Waals surface area (Å²) in [6.07, 6.45) is 1.79. The molecule has 6 N–H and O–H groups in total. The van der Waals surface area contributed by atoms with Gasteiger partial charge in [-0.25, -0.2) is 13.4 Å². The maximum atomic E-state index is 13.2. The van der Waals surface area contributed by atoms with Crippen LogP contribution in [0.2, 0.25) is 5.02 Å². The normalized spacial score (nSPS) is 17.5. The standard InChI is InChI=1S/C42H47ClN10O8S/c1-25(2)62(59,60)35-6-4-3-5-32(35)48-38-31(43)24-45-42(50-38)47-26-7-10-28(11-8-26)52-18-16-51(17-19-52)20-22-61-21-15-33(37(44)55)46-27-9-12-29-30(23-27)41(58)53(40(29)57)34-13-14-36(54)49-39(34)56/h3-12,23-25,33-34,46H,13-22H2,1-2H3,(H2,44,55)(H,49,54,56)(H2,45,47,48,50). The number of hydrogen-bond donors (Lipinski definition) is 5. The lowest BCUT2D eigenvalue weighted by molar-refractivity contribution is -0.136. The zero-order valence-electron chi connectivity index (χ0n) is 34.1. The van der Waals surface area contributed by atoms with Crippen molar-refractivity contribution >= 4 is 85.5 Å². The Morgan fingerprint density at radius 1 is 0.935 bits per heavy atom. The van der Waals surface area contributed by atoms with Crippen molar-refractivity contribution in [2.75, 3.05) is 66.8 Å². The number of nitrogens with zero attached hydrogens (tertiary/aromatic N) is 5. The molecule has 0 bridgehead atoms. The minimum absolute atomic E-state index is 0.0208. The van der Waals surface area contributed by atoms with Gasteiger partial charge in [0.1, 0.15) is 17.1 Å². The average molecular weight is 887 g/mol. The number of anilines is 6. The molecular weight excluding hydrogens is 840 g/mol. The topological polar surface area (TPSA) is 238 Å². The monoisotopic (exact) mass is 886 g/mol. The minimum atomic E-state index is -3.56. The fraction of sp³-hybridized carbons (Fsp3) is 0.357. The molecule has 3 aliphatic rings. The number of hydrogen-bond acceptors (Lipinski definition) is 15. The van der Waals surface area contributed by atoms with Crippen LogP contribution in [0.1, 0.15) is 53.8 Å². The molecule has 0 aliphatic carbocycles. The zero-order valence-corrected chi connectivity index (χ0v) is 35.7. The van der Waals surface area contributed by atoms with Crippen molar-refractivity contribution in [1.29, 1.82) is 0 Å². The first-order chi connectivity index (χ1) is 29.7. The molecule has 5 amide bonds. The highest BCUT2D eigenvalue weighted by Crippen LogP contribution is 2.32. The van der Waals surface area contributed by atoms with E-state index in [9.17, 15) is 32.4 Å². The van der Waals surface area contributed by atoms with Crippen LogP contribution in [0.25, 0.3) is 0 Å². The number of piperidine rings is 1. The summed E-state index contributed by atoms with van der Waals surface area (Å²) in [5, 5.41) is 11.1. The number of imide groups is 2. The van der Waals surface area contributed by atoms with E-state index in [2.05, 4.69) is 41.0 Å². The molecule has 0 saturated carbocycles. The van der Waals surface area contributed by atoms with Gasteiger partial charge in [-0.2, -0.15) is 4.98 Å². The van der Waals surface area contributed by atoms with Crippen LogP contribution in [-0.2, 0) is 29.0 Å². The molecule has 4 heterocycles. The van der Waals surface area contributed by atoms with Crippen LogP contribution in [0.3, 0.4) is 0 Å². The van der Waals surface area contributed by atoms with E-state index in [4.69, 9.17) is 22.1 Å². The molecule has 62 heavy (non-hydrogen) atoms. The van der Waals surface area contributed by atoms with Crippen LogP contribution in [0.4, 0.5) is 34.5 Å². The number of sulfone groups is 1. The van der Waals surface area contributed by atoms with E-state index in [1.54, 1.807) is 44.2 Å². The molecule has 3 aromatic carbocycles. The van der Waals surface area contributed by atoms with E-state index in [1.165, 1.54) is 18.3 Å². The van der Waals surface area contributed by atoms with Crippen molar-refractivity contribution in [3.63, 3.8) is 0 Å². The Balaban J connectivity index is 0.841. The highest BCUT2D eigenvalue weighted by Gasteiger charge is 2.44. The number of nitrogens with one attached hydrogen (secondary N) is 4. The Morgan fingerprint density at radius 2 is 1.65 bits per heavy atom. The lowest BCUT2D eigenvalue weighted by Crippen LogP contribution is -2.54. The van der Waals surface area contributed by atoms with Gasteiger partial charge >= 0.3 is 0 Å². The Hall–Kier alpha value is -6.15. The lowest BCUT2D eigenvalue weighted by Gasteiger charge is -2.36. The number of primary amides is 1. The largest absolute Gasteiger partial charge is 0.380 e. The average Bonchev–Trinajstić information content (AvgIpc) is 3.49. The number of ether oxygens (including phenoxy) is 1. The molecule has 0 radical (unpaired) electrons. The van der Waals surface area contributed by atoms with Gasteiger partial charge < -0.3 is 31.3 Å². The van der Waals surface area contributed by atoms with Crippen molar-refractivity contribution in [1.82, 2.24) is 25.1 Å². The minimum Gasteiger partial charge on any atom is -0.380 e. The number of fused-ring (bicyclic) bond motifs is 1. The van der Waals surface area contributed by atoms with Crippen LogP contribution in [0.5, 0.6) is 0 Å². The fourth-order valence-corrected chi connectivity index (χ4v) is 8.71. The molecule has 7 rings (SSSR count). The third kappa shape index (κ3) is 9.81. The number of piperazine rings is 1. The molecule has 3 aliphatic heterocycles. The summed E-state index contributed by atoms with van der Waals surface area (Å²) in [4.78, 5) is 77.0. The molecule has 2 fully saturated rings. The predicted octanol–water partition coefficient (Wildman–Crippen LogP) is 3.70. The first-order valence-electron chi connectivity index (χ1n) is 20.2. The lowest BCUT2D eigenvalue weighted by atomic mass is 10.0. The van der Waals surface area contributed by atoms with Crippen LogP contribution < -0.4 is 31.9 Å². The molecule has 2 unspecified atom stereocenters. The molecule has 2 atom stereocenters. The summed E-state index contributed by atoms with van der Waals surface area (Å²) < 4.78 is 31.8. The van der Waals surface area contributed by atoms with Gasteiger partial charge in [0.25, 0.3) is 11.8 Å². The molecule has 326 valence electrons. The number of aromatic nitrogens is 2. The van der Waals surface area contributed by atoms with Crippen LogP contribution in [0, 0.1) is 0 Å². The predicted molar refractivity (Wildman–Crippen MR) is 233 cm³/mol. The number of amides is 5. The number of para-hydroxylation sites is 1. The van der Waals surface area contributed by atoms with Crippen LogP contribution in [0.15, 0.2) is 77.8 Å². The van der Waals surface area contributed by atoms with Crippen molar-refractivity contribution in [2.45, 2.75) is 55.3 Å². The third-order valence-corrected chi connectivity index (χ3v) is 13.4. The summed E-state index contributed by atoms with van der Waals surface area (Å²) >= 11 is 6.40. The first-order valence-corrected chi connectivity index (χ1v) is 22.1. The smallest absolute Gasteiger partial charge is 0.262 e.